The highest BCUT2D eigenvalue weighted by Crippen LogP contribution is 2.12. The van der Waals surface area contributed by atoms with Gasteiger partial charge in [-0.15, -0.1) is 0 Å². The third-order valence-corrected chi connectivity index (χ3v) is 3.77. The second-order valence-electron chi connectivity index (χ2n) is 5.60. The highest BCUT2D eigenvalue weighted by Gasteiger charge is 2.13. The van der Waals surface area contributed by atoms with Crippen molar-refractivity contribution >= 4 is 11.8 Å². The van der Waals surface area contributed by atoms with Gasteiger partial charge < -0.3 is 10.6 Å². The second kappa shape index (κ2) is 6.96. The number of nitrogens with two attached hydrogens (primary N) is 1. The number of benzene rings is 1. The first kappa shape index (κ1) is 16.4. The van der Waals surface area contributed by atoms with E-state index < -0.39 is 5.91 Å². The zero-order chi connectivity index (χ0) is 17.8. The van der Waals surface area contributed by atoms with E-state index in [9.17, 15) is 9.59 Å². The van der Waals surface area contributed by atoms with Crippen LogP contribution in [0, 0.1) is 0 Å². The molecule has 0 radical (unpaired) electrons. The number of imidazole rings is 1. The van der Waals surface area contributed by atoms with Crippen LogP contribution in [0.5, 0.6) is 0 Å². The topological polar surface area (TPSA) is 94.1 Å². The molecule has 2 heterocycles. The molecule has 1 aromatic carbocycles. The molecule has 2 aromatic heterocycles. The lowest BCUT2D eigenvalue weighted by molar-refractivity contribution is 0.0784. The lowest BCUT2D eigenvalue weighted by Crippen LogP contribution is -2.26. The molecule has 2 amide bonds. The summed E-state index contributed by atoms with van der Waals surface area (Å²) in [6.45, 7) is 0.417. The lowest BCUT2D eigenvalue weighted by Gasteiger charge is -2.18. The highest BCUT2D eigenvalue weighted by atomic mass is 16.2. The zero-order valence-electron chi connectivity index (χ0n) is 13.7. The predicted octanol–water partition coefficient (Wildman–Crippen LogP) is 1.64. The van der Waals surface area contributed by atoms with Gasteiger partial charge in [-0.05, 0) is 29.8 Å². The Labute approximate surface area is 144 Å². The van der Waals surface area contributed by atoms with Crippen LogP contribution in [-0.4, -0.2) is 38.3 Å². The Morgan fingerprint density at radius 3 is 2.52 bits per heavy atom. The summed E-state index contributed by atoms with van der Waals surface area (Å²) in [6.07, 6.45) is 6.64. The maximum Gasteiger partial charge on any atom is 0.254 e. The van der Waals surface area contributed by atoms with Crippen LogP contribution < -0.4 is 5.73 Å². The Bertz CT molecular complexity index is 888. The van der Waals surface area contributed by atoms with E-state index in [0.717, 1.165) is 5.56 Å². The average Bonchev–Trinajstić information content (AvgIpc) is 3.16. The van der Waals surface area contributed by atoms with E-state index in [4.69, 9.17) is 5.73 Å². The summed E-state index contributed by atoms with van der Waals surface area (Å²) in [5.41, 5.74) is 7.11. The highest BCUT2D eigenvalue weighted by molar-refractivity contribution is 5.94. The normalized spacial score (nSPS) is 10.4. The van der Waals surface area contributed by atoms with Gasteiger partial charge in [0.05, 0.1) is 0 Å². The number of carbonyl (C=O) groups is 2. The van der Waals surface area contributed by atoms with Crippen molar-refractivity contribution in [3.63, 3.8) is 0 Å². The molecule has 0 fully saturated rings. The van der Waals surface area contributed by atoms with Crippen molar-refractivity contribution in [3.8, 4) is 5.82 Å². The van der Waals surface area contributed by atoms with Crippen LogP contribution in [0.3, 0.4) is 0 Å². The Kier molecular flexibility index (Phi) is 4.56. The number of hydrogen-bond acceptors (Lipinski definition) is 4. The average molecular weight is 335 g/mol. The summed E-state index contributed by atoms with van der Waals surface area (Å²) in [5.74, 6) is 0.0325. The van der Waals surface area contributed by atoms with Gasteiger partial charge in [0, 0.05) is 43.3 Å². The maximum atomic E-state index is 12.6. The molecule has 7 heteroatoms. The van der Waals surface area contributed by atoms with E-state index in [0.29, 0.717) is 23.5 Å². The van der Waals surface area contributed by atoms with Crippen LogP contribution >= 0.6 is 0 Å². The molecular weight excluding hydrogens is 318 g/mol. The van der Waals surface area contributed by atoms with Gasteiger partial charge in [0.25, 0.3) is 5.91 Å². The Morgan fingerprint density at radius 2 is 1.88 bits per heavy atom. The van der Waals surface area contributed by atoms with Crippen LogP contribution in [0.25, 0.3) is 5.82 Å². The van der Waals surface area contributed by atoms with Gasteiger partial charge in [0.15, 0.2) is 0 Å². The molecule has 0 saturated carbocycles. The SMILES string of the molecule is CN(Cc1ccc(C(N)=O)cc1)C(=O)c1ccnc(-n2ccnc2)c1. The van der Waals surface area contributed by atoms with E-state index in [1.54, 1.807) is 77.8 Å². The summed E-state index contributed by atoms with van der Waals surface area (Å²) >= 11 is 0. The molecule has 7 nitrogen and oxygen atoms in total. The summed E-state index contributed by atoms with van der Waals surface area (Å²) < 4.78 is 1.74. The summed E-state index contributed by atoms with van der Waals surface area (Å²) in [5, 5.41) is 0. The largest absolute Gasteiger partial charge is 0.366 e. The maximum absolute atomic E-state index is 12.6. The van der Waals surface area contributed by atoms with Crippen LogP contribution in [-0.2, 0) is 6.54 Å². The minimum atomic E-state index is -0.472. The van der Waals surface area contributed by atoms with Crippen molar-refractivity contribution in [2.45, 2.75) is 6.54 Å². The second-order valence-corrected chi connectivity index (χ2v) is 5.60. The molecule has 126 valence electrons. The van der Waals surface area contributed by atoms with Gasteiger partial charge in [0.1, 0.15) is 12.1 Å². The van der Waals surface area contributed by atoms with Gasteiger partial charge in [0.2, 0.25) is 5.91 Å². The first-order valence-corrected chi connectivity index (χ1v) is 7.63. The Morgan fingerprint density at radius 1 is 1.12 bits per heavy atom. The molecule has 0 bridgehead atoms. The number of carbonyl (C=O) groups excluding carboxylic acids is 2. The molecule has 0 spiro atoms. The number of hydrogen-bond donors (Lipinski definition) is 1. The predicted molar refractivity (Wildman–Crippen MR) is 92.1 cm³/mol. The molecule has 0 unspecified atom stereocenters. The van der Waals surface area contributed by atoms with E-state index in [1.165, 1.54) is 0 Å². The Balaban J connectivity index is 1.74. The van der Waals surface area contributed by atoms with Gasteiger partial charge in [-0.25, -0.2) is 9.97 Å². The van der Waals surface area contributed by atoms with Crippen LogP contribution in [0.4, 0.5) is 0 Å². The number of rotatable bonds is 5. The number of nitrogens with zero attached hydrogens (tertiary/aromatic N) is 4. The molecule has 0 aliphatic carbocycles. The van der Waals surface area contributed by atoms with Crippen molar-refractivity contribution in [2.24, 2.45) is 5.73 Å². The van der Waals surface area contributed by atoms with Crippen molar-refractivity contribution < 1.29 is 9.59 Å². The summed E-state index contributed by atoms with van der Waals surface area (Å²) in [7, 11) is 1.72. The summed E-state index contributed by atoms with van der Waals surface area (Å²) in [4.78, 5) is 33.6. The molecule has 0 aliphatic heterocycles. The number of pyridine rings is 1. The van der Waals surface area contributed by atoms with Crippen LogP contribution in [0.15, 0.2) is 61.3 Å². The first-order valence-electron chi connectivity index (χ1n) is 7.63. The molecular formula is C18H17N5O2. The van der Waals surface area contributed by atoms with Gasteiger partial charge in [-0.2, -0.15) is 0 Å². The number of aromatic nitrogens is 3. The molecule has 0 atom stereocenters. The Hall–Kier alpha value is -3.48. The molecule has 0 aliphatic rings. The van der Waals surface area contributed by atoms with Crippen LogP contribution in [0.2, 0.25) is 0 Å². The quantitative estimate of drug-likeness (QED) is 0.767. The first-order chi connectivity index (χ1) is 12.0. The van der Waals surface area contributed by atoms with E-state index >= 15 is 0 Å². The number of amides is 2. The monoisotopic (exact) mass is 335 g/mol. The van der Waals surface area contributed by atoms with Gasteiger partial charge in [-0.1, -0.05) is 12.1 Å². The van der Waals surface area contributed by atoms with Crippen molar-refractivity contribution in [3.05, 3.63) is 78.0 Å². The molecule has 2 N–H and O–H groups in total. The fourth-order valence-electron chi connectivity index (χ4n) is 2.43. The zero-order valence-corrected chi connectivity index (χ0v) is 13.7. The third-order valence-electron chi connectivity index (χ3n) is 3.77. The van der Waals surface area contributed by atoms with Gasteiger partial charge in [-0.3, -0.25) is 14.2 Å². The molecule has 25 heavy (non-hydrogen) atoms. The van der Waals surface area contributed by atoms with Crippen molar-refractivity contribution in [1.82, 2.24) is 19.4 Å². The lowest BCUT2D eigenvalue weighted by atomic mass is 10.1. The smallest absolute Gasteiger partial charge is 0.254 e. The van der Waals surface area contributed by atoms with E-state index in [2.05, 4.69) is 9.97 Å². The standard InChI is InChI=1S/C18H17N5O2/c1-22(11-13-2-4-14(5-3-13)17(19)24)18(25)15-6-7-21-16(10-15)23-9-8-20-12-23/h2-10,12H,11H2,1H3,(H2,19,24). The van der Waals surface area contributed by atoms with Crippen molar-refractivity contribution in [2.75, 3.05) is 7.05 Å². The summed E-state index contributed by atoms with van der Waals surface area (Å²) in [6, 6.07) is 10.3. The van der Waals surface area contributed by atoms with Gasteiger partial charge >= 0.3 is 0 Å². The fourth-order valence-corrected chi connectivity index (χ4v) is 2.43. The number of primary amides is 1. The van der Waals surface area contributed by atoms with Crippen molar-refractivity contribution in [1.29, 1.82) is 0 Å². The minimum absolute atomic E-state index is 0.122. The molecule has 3 rings (SSSR count). The van der Waals surface area contributed by atoms with Crippen LogP contribution in [0.1, 0.15) is 26.3 Å². The minimum Gasteiger partial charge on any atom is -0.366 e. The molecule has 0 saturated heterocycles. The molecule has 3 aromatic rings. The fraction of sp³-hybridized carbons (Fsp3) is 0.111. The third kappa shape index (κ3) is 3.72. The van der Waals surface area contributed by atoms with E-state index in [1.807, 2.05) is 0 Å². The van der Waals surface area contributed by atoms with E-state index in [-0.39, 0.29) is 5.91 Å².